The van der Waals surface area contributed by atoms with Crippen LogP contribution in [0.2, 0.25) is 0 Å². The Hall–Kier alpha value is -4.68. The Kier molecular flexibility index (Phi) is 10.7. The number of nitrogens with one attached hydrogen (secondary N) is 1. The van der Waals surface area contributed by atoms with Gasteiger partial charge in [0.25, 0.3) is 17.5 Å². The van der Waals surface area contributed by atoms with E-state index >= 15 is 0 Å². The SMILES string of the molecule is Nc1cn[nH]c(=O)c1C(F)(F)F.Nc1nc(-c2cc3ncn(CCCCCOC(F)F)c(=O)c3cc2F)ncc1C(F)F. The van der Waals surface area contributed by atoms with Gasteiger partial charge in [-0.1, -0.05) is 0 Å². The lowest BCUT2D eigenvalue weighted by Crippen LogP contribution is -2.24. The number of hydrogen-bond acceptors (Lipinski definition) is 9. The molecule has 43 heavy (non-hydrogen) atoms. The lowest BCUT2D eigenvalue weighted by molar-refractivity contribution is -0.138. The van der Waals surface area contributed by atoms with Crippen molar-refractivity contribution in [1.29, 1.82) is 0 Å². The van der Waals surface area contributed by atoms with Gasteiger partial charge in [-0.25, -0.2) is 33.2 Å². The number of hydrogen-bond donors (Lipinski definition) is 3. The van der Waals surface area contributed by atoms with Crippen LogP contribution in [0.25, 0.3) is 22.3 Å². The number of alkyl halides is 7. The van der Waals surface area contributed by atoms with Gasteiger partial charge in [-0.15, -0.1) is 0 Å². The number of anilines is 2. The number of unbranched alkanes of at least 4 members (excludes halogenated alkanes) is 2. The fraction of sp³-hybridized carbons (Fsp3) is 0.333. The van der Waals surface area contributed by atoms with E-state index in [2.05, 4.69) is 24.8 Å². The van der Waals surface area contributed by atoms with Crippen LogP contribution in [0.4, 0.5) is 46.6 Å². The van der Waals surface area contributed by atoms with E-state index in [0.29, 0.717) is 19.3 Å². The Labute approximate surface area is 235 Å². The second-order valence-corrected chi connectivity index (χ2v) is 8.65. The summed E-state index contributed by atoms with van der Waals surface area (Å²) >= 11 is 0. The maximum Gasteiger partial charge on any atom is 0.423 e. The van der Waals surface area contributed by atoms with Crippen LogP contribution in [0.1, 0.15) is 36.8 Å². The fourth-order valence-corrected chi connectivity index (χ4v) is 3.65. The van der Waals surface area contributed by atoms with E-state index in [1.807, 2.05) is 0 Å². The van der Waals surface area contributed by atoms with E-state index in [1.54, 1.807) is 5.10 Å². The third-order valence-electron chi connectivity index (χ3n) is 5.69. The van der Waals surface area contributed by atoms with Crippen LogP contribution < -0.4 is 22.6 Å². The number of aromatic amines is 1. The second kappa shape index (κ2) is 14.0. The number of aromatic nitrogens is 6. The molecule has 4 aromatic rings. The molecule has 0 unspecified atom stereocenters. The average molecular weight is 622 g/mol. The number of benzene rings is 1. The maximum atomic E-state index is 14.6. The van der Waals surface area contributed by atoms with Gasteiger partial charge in [-0.05, 0) is 31.4 Å². The Morgan fingerprint density at radius 2 is 1.72 bits per heavy atom. The van der Waals surface area contributed by atoms with Crippen LogP contribution in [-0.4, -0.2) is 42.9 Å². The molecule has 0 saturated carbocycles. The van der Waals surface area contributed by atoms with E-state index in [-0.39, 0.29) is 35.4 Å². The Bertz CT molecular complexity index is 1680. The molecule has 0 aliphatic carbocycles. The predicted octanol–water partition coefficient (Wildman–Crippen LogP) is 4.29. The molecular formula is C24H22F8N8O3. The van der Waals surface area contributed by atoms with Crippen LogP contribution in [-0.2, 0) is 17.5 Å². The molecule has 1 aromatic carbocycles. The summed E-state index contributed by atoms with van der Waals surface area (Å²) in [6, 6.07) is 2.22. The molecule has 11 nitrogen and oxygen atoms in total. The van der Waals surface area contributed by atoms with E-state index in [9.17, 15) is 44.7 Å². The predicted molar refractivity (Wildman–Crippen MR) is 136 cm³/mol. The van der Waals surface area contributed by atoms with Crippen molar-refractivity contribution in [1.82, 2.24) is 29.7 Å². The molecule has 0 saturated heterocycles. The van der Waals surface area contributed by atoms with Gasteiger partial charge in [0, 0.05) is 12.7 Å². The zero-order valence-corrected chi connectivity index (χ0v) is 21.7. The van der Waals surface area contributed by atoms with Gasteiger partial charge in [0.05, 0.1) is 46.8 Å². The molecule has 0 aliphatic rings. The van der Waals surface area contributed by atoms with E-state index < -0.39 is 58.8 Å². The van der Waals surface area contributed by atoms with Crippen molar-refractivity contribution in [3.05, 3.63) is 68.5 Å². The summed E-state index contributed by atoms with van der Waals surface area (Å²) in [4.78, 5) is 34.8. The summed E-state index contributed by atoms with van der Waals surface area (Å²) in [6.45, 7) is -2.62. The van der Waals surface area contributed by atoms with Crippen molar-refractivity contribution in [3.8, 4) is 11.4 Å². The first kappa shape index (κ1) is 32.8. The highest BCUT2D eigenvalue weighted by molar-refractivity contribution is 5.82. The first-order valence-electron chi connectivity index (χ1n) is 12.1. The van der Waals surface area contributed by atoms with Crippen molar-refractivity contribution in [2.45, 2.75) is 45.0 Å². The molecule has 19 heteroatoms. The van der Waals surface area contributed by atoms with Crippen LogP contribution in [0.3, 0.4) is 0 Å². The minimum atomic E-state index is -4.74. The van der Waals surface area contributed by atoms with E-state index in [4.69, 9.17) is 11.5 Å². The quantitative estimate of drug-likeness (QED) is 0.182. The highest BCUT2D eigenvalue weighted by Gasteiger charge is 2.36. The number of H-pyrrole nitrogens is 1. The average Bonchev–Trinajstić information content (AvgIpc) is 2.91. The fourth-order valence-electron chi connectivity index (χ4n) is 3.65. The molecule has 0 aliphatic heterocycles. The number of nitrogens with zero attached hydrogens (tertiary/aromatic N) is 5. The van der Waals surface area contributed by atoms with Gasteiger partial charge in [-0.3, -0.25) is 14.2 Å². The maximum absolute atomic E-state index is 14.6. The van der Waals surface area contributed by atoms with Crippen molar-refractivity contribution < 1.29 is 39.9 Å². The van der Waals surface area contributed by atoms with Crippen molar-refractivity contribution in [3.63, 3.8) is 0 Å². The normalized spacial score (nSPS) is 11.7. The molecule has 0 bridgehead atoms. The number of fused-ring (bicyclic) bond motifs is 1. The van der Waals surface area contributed by atoms with Crippen LogP contribution >= 0.6 is 0 Å². The monoisotopic (exact) mass is 622 g/mol. The summed E-state index contributed by atoms with van der Waals surface area (Å²) < 4.78 is 105. The minimum Gasteiger partial charge on any atom is -0.397 e. The van der Waals surface area contributed by atoms with Gasteiger partial charge in [-0.2, -0.15) is 27.1 Å². The number of rotatable bonds is 9. The molecule has 4 rings (SSSR count). The molecule has 0 fully saturated rings. The number of aryl methyl sites for hydroxylation is 1. The van der Waals surface area contributed by atoms with Crippen LogP contribution in [0.5, 0.6) is 0 Å². The van der Waals surface area contributed by atoms with Crippen molar-refractivity contribution in [2.24, 2.45) is 0 Å². The number of nitrogens with two attached hydrogens (primary N) is 2. The summed E-state index contributed by atoms with van der Waals surface area (Å²) in [5.74, 6) is -1.52. The number of ether oxygens (including phenoxy) is 1. The smallest absolute Gasteiger partial charge is 0.397 e. The molecule has 5 N–H and O–H groups in total. The number of halogens is 8. The van der Waals surface area contributed by atoms with Gasteiger partial charge >= 0.3 is 12.8 Å². The third-order valence-corrected chi connectivity index (χ3v) is 5.69. The minimum absolute atomic E-state index is 0.0157. The van der Waals surface area contributed by atoms with Gasteiger partial charge < -0.3 is 16.2 Å². The molecule has 0 radical (unpaired) electrons. The van der Waals surface area contributed by atoms with Gasteiger partial charge in [0.1, 0.15) is 17.2 Å². The zero-order valence-electron chi connectivity index (χ0n) is 21.7. The Morgan fingerprint density at radius 1 is 1.00 bits per heavy atom. The first-order valence-corrected chi connectivity index (χ1v) is 12.1. The largest absolute Gasteiger partial charge is 0.423 e. The van der Waals surface area contributed by atoms with Crippen molar-refractivity contribution in [2.75, 3.05) is 18.1 Å². The lowest BCUT2D eigenvalue weighted by Gasteiger charge is -2.09. The van der Waals surface area contributed by atoms with Crippen LogP contribution in [0.15, 0.2) is 40.4 Å². The van der Waals surface area contributed by atoms with Crippen LogP contribution in [0, 0.1) is 5.82 Å². The highest BCUT2D eigenvalue weighted by Crippen LogP contribution is 2.30. The summed E-state index contributed by atoms with van der Waals surface area (Å²) in [5, 5.41) is 4.75. The molecule has 232 valence electrons. The number of nitrogen functional groups attached to an aromatic ring is 2. The van der Waals surface area contributed by atoms with E-state index in [1.165, 1.54) is 17.0 Å². The lowest BCUT2D eigenvalue weighted by atomic mass is 10.1. The molecule has 3 heterocycles. The molecule has 0 atom stereocenters. The summed E-state index contributed by atoms with van der Waals surface area (Å²) in [7, 11) is 0. The molecule has 3 aromatic heterocycles. The van der Waals surface area contributed by atoms with Gasteiger partial charge in [0.15, 0.2) is 5.82 Å². The van der Waals surface area contributed by atoms with Crippen molar-refractivity contribution >= 4 is 22.4 Å². The third kappa shape index (κ3) is 8.43. The van der Waals surface area contributed by atoms with E-state index in [0.717, 1.165) is 18.5 Å². The second-order valence-electron chi connectivity index (χ2n) is 8.65. The molecule has 0 amide bonds. The summed E-state index contributed by atoms with van der Waals surface area (Å²) in [6.07, 6.45) is -3.27. The topological polar surface area (TPSA) is 168 Å². The standard InChI is InChI=1S/C19H18F5N5O2.C5H4F3N3O/c20-13-6-11-14(7-10(13)17-26-8-12(15(21)22)16(25)28-17)27-9-29(18(11)30)4-2-1-3-5-31-19(23)24;6-5(7,8)3-2(9)1-10-11-4(3)12/h6-9,15,19H,1-5H2,(H2,25,26,28);1H,(H3,9,11,12). The molecule has 0 spiro atoms. The first-order chi connectivity index (χ1) is 20.2. The highest BCUT2D eigenvalue weighted by atomic mass is 19.4. The summed E-state index contributed by atoms with van der Waals surface area (Å²) in [5.41, 5.74) is 5.98. The molecular weight excluding hydrogens is 600 g/mol. The Balaban J connectivity index is 0.000000353. The Morgan fingerprint density at radius 3 is 2.30 bits per heavy atom. The zero-order chi connectivity index (χ0) is 31.9. The van der Waals surface area contributed by atoms with Gasteiger partial charge in [0.2, 0.25) is 0 Å².